The lowest BCUT2D eigenvalue weighted by Crippen LogP contribution is -2.22. The predicted octanol–water partition coefficient (Wildman–Crippen LogP) is 14.6. The van der Waals surface area contributed by atoms with Crippen LogP contribution >= 0.6 is 95.6 Å². The summed E-state index contributed by atoms with van der Waals surface area (Å²) in [5.74, 6) is -4.57. The lowest BCUT2D eigenvalue weighted by atomic mass is 10.0. The minimum atomic E-state index is -1.09. The molecule has 98 heavy (non-hydrogen) atoms. The molecule has 24 nitrogen and oxygen atoms in total. The number of esters is 3. The summed E-state index contributed by atoms with van der Waals surface area (Å²) < 4.78 is 116. The highest BCUT2D eigenvalue weighted by Crippen LogP contribution is 2.37. The number of halogens is 13. The second kappa shape index (κ2) is 36.2. The number of nitrogens with zero attached hydrogens (tertiary/aromatic N) is 11. The molecule has 0 fully saturated rings. The first-order valence-corrected chi connectivity index (χ1v) is 32.2. The SMILES string of the molecule is CCOC(=O)/C(=N\N)c1cc(Br)cnc1F.CCOC(=O)C(=O)c1cc(Br)cnc1F.CCOC(=O)c1[nH]nc2ncc(Br)cc12.Fc1ccc(Br)cn1.Fc1cccc(-c2cnoc2-c2[nH]nc3ncc(Br)cc23)c1F.O=C(Cc1cccc(F)c1F)c1[nH]nc2ncc(Br)cc12. The van der Waals surface area contributed by atoms with Gasteiger partial charge in [0.2, 0.25) is 17.8 Å². The van der Waals surface area contributed by atoms with Crippen LogP contribution in [0.15, 0.2) is 159 Å². The molecule has 0 amide bonds. The summed E-state index contributed by atoms with van der Waals surface area (Å²) in [7, 11) is 0. The van der Waals surface area contributed by atoms with Crippen LogP contribution in [0, 0.1) is 41.1 Å². The monoisotopic (exact) mass is 1730 g/mol. The first-order valence-electron chi connectivity index (χ1n) is 27.4. The maximum Gasteiger partial charge on any atom is 0.379 e. The van der Waals surface area contributed by atoms with Gasteiger partial charge in [-0.15, -0.1) is 0 Å². The lowest BCUT2D eigenvalue weighted by Gasteiger charge is -2.05. The zero-order valence-electron chi connectivity index (χ0n) is 50.0. The highest BCUT2D eigenvalue weighted by atomic mass is 79.9. The van der Waals surface area contributed by atoms with Gasteiger partial charge in [-0.05, 0) is 177 Å². The van der Waals surface area contributed by atoms with Crippen molar-refractivity contribution >= 4 is 164 Å². The fraction of sp³-hybridized carbons (Fsp3) is 0.115. The number of pyridine rings is 6. The molecule has 0 aliphatic carbocycles. The number of Topliss-reactive ketones (excluding diaryl/α,β-unsaturated/α-hetero) is 2. The molecule has 0 radical (unpaired) electrons. The Balaban J connectivity index is 0.000000169. The Morgan fingerprint density at radius 1 is 0.510 bits per heavy atom. The number of benzene rings is 2. The average molecular weight is 1740 g/mol. The van der Waals surface area contributed by atoms with E-state index in [-0.39, 0.29) is 59.3 Å². The van der Waals surface area contributed by atoms with Gasteiger partial charge in [-0.3, -0.25) is 24.9 Å². The summed E-state index contributed by atoms with van der Waals surface area (Å²) in [5.41, 5.74) is 2.01. The van der Waals surface area contributed by atoms with Crippen molar-refractivity contribution in [3.8, 4) is 22.6 Å². The minimum absolute atomic E-state index is 0.00528. The number of rotatable bonds is 13. The number of hydrogen-bond acceptors (Lipinski definition) is 21. The van der Waals surface area contributed by atoms with Gasteiger partial charge in [0, 0.05) is 76.0 Å². The van der Waals surface area contributed by atoms with E-state index in [1.165, 1.54) is 67.3 Å². The van der Waals surface area contributed by atoms with Gasteiger partial charge in [0.1, 0.15) is 11.4 Å². The average Bonchev–Trinajstić information content (AvgIpc) is 1.62. The van der Waals surface area contributed by atoms with Crippen LogP contribution in [0.2, 0.25) is 0 Å². The topological polar surface area (TPSA) is 341 Å². The molecule has 0 aliphatic rings. The Kier molecular flexibility index (Phi) is 28.1. The van der Waals surface area contributed by atoms with Crippen molar-refractivity contribution in [1.82, 2.24) is 65.7 Å². The number of hydrazone groups is 1. The van der Waals surface area contributed by atoms with Crippen LogP contribution in [-0.2, 0) is 30.2 Å². The zero-order valence-corrected chi connectivity index (χ0v) is 59.5. The van der Waals surface area contributed by atoms with Crippen LogP contribution in [0.4, 0.5) is 30.7 Å². The van der Waals surface area contributed by atoms with Gasteiger partial charge >= 0.3 is 17.9 Å². The minimum Gasteiger partial charge on any atom is -0.461 e. The third-order valence-corrected chi connectivity index (χ3v) is 14.8. The molecule has 10 heterocycles. The van der Waals surface area contributed by atoms with Crippen LogP contribution in [0.1, 0.15) is 63.2 Å². The molecule has 12 rings (SSSR count). The third kappa shape index (κ3) is 20.1. The Hall–Kier alpha value is -9.43. The molecule has 0 unspecified atom stereocenters. The summed E-state index contributed by atoms with van der Waals surface area (Å²) in [6, 6.07) is 18.4. The molecule has 37 heteroatoms. The van der Waals surface area contributed by atoms with Crippen LogP contribution in [0.5, 0.6) is 0 Å². The van der Waals surface area contributed by atoms with E-state index in [1.807, 2.05) is 0 Å². The van der Waals surface area contributed by atoms with E-state index < -0.39 is 70.4 Å². The first-order chi connectivity index (χ1) is 46.9. The Morgan fingerprint density at radius 2 is 1.00 bits per heavy atom. The maximum atomic E-state index is 14.1. The van der Waals surface area contributed by atoms with E-state index in [1.54, 1.807) is 63.6 Å². The van der Waals surface area contributed by atoms with E-state index in [0.717, 1.165) is 25.6 Å². The van der Waals surface area contributed by atoms with Crippen molar-refractivity contribution in [2.45, 2.75) is 27.2 Å². The number of fused-ring (bicyclic) bond motifs is 3. The second-order valence-corrected chi connectivity index (χ2v) is 24.1. The number of ether oxygens (including phenoxy) is 3. The molecular weight excluding hydrogens is 1700 g/mol. The molecule has 0 saturated heterocycles. The van der Waals surface area contributed by atoms with Gasteiger partial charge in [-0.25, -0.2) is 61.8 Å². The molecule has 2 aromatic carbocycles. The highest BCUT2D eigenvalue weighted by molar-refractivity contribution is 9.11. The number of nitrogens with one attached hydrogen (secondary N) is 3. The maximum absolute atomic E-state index is 14.1. The zero-order chi connectivity index (χ0) is 71.3. The second-order valence-electron chi connectivity index (χ2n) is 18.6. The molecule has 5 N–H and O–H groups in total. The van der Waals surface area contributed by atoms with Crippen LogP contribution in [0.3, 0.4) is 0 Å². The van der Waals surface area contributed by atoms with Crippen molar-refractivity contribution in [3.63, 3.8) is 0 Å². The molecule has 0 saturated carbocycles. The van der Waals surface area contributed by atoms with E-state index >= 15 is 0 Å². The van der Waals surface area contributed by atoms with Crippen molar-refractivity contribution in [2.75, 3.05) is 19.8 Å². The molecule has 0 spiro atoms. The number of carbonyl (C=O) groups excluding carboxylic acids is 5. The lowest BCUT2D eigenvalue weighted by molar-refractivity contribution is -0.137. The largest absolute Gasteiger partial charge is 0.461 e. The summed E-state index contributed by atoms with van der Waals surface area (Å²) >= 11 is 19.1. The van der Waals surface area contributed by atoms with E-state index in [2.05, 4.69) is 176 Å². The predicted molar refractivity (Wildman–Crippen MR) is 360 cm³/mol. The number of nitrogens with two attached hydrogens (primary N) is 1. The van der Waals surface area contributed by atoms with E-state index in [9.17, 15) is 54.7 Å². The number of aromatic amines is 3. The van der Waals surface area contributed by atoms with Gasteiger partial charge in [0.05, 0.1) is 58.9 Å². The van der Waals surface area contributed by atoms with Crippen LogP contribution in [-0.4, -0.2) is 121 Å². The standard InChI is InChI=1S/C15H7BrF2N4O.C14H8BrF2N3O.C9H9BrFN3O2.C9H7BrFNO3.C9H8BrN3O2.C5H3BrFN/c16-7-4-9-13(21-22-15(9)19-5-7)14-10(6-20-23-14)8-2-1-3-11(17)12(8)18;15-8-5-9-13(19-20-14(9)18-6-8)11(21)4-7-2-1-3-10(16)12(7)17;1-2-16-9(15)7(14-12)6-3-5(10)4-13-8(6)11;1-2-15-9(14)7(13)6-3-5(10)4-12-8(6)11;1-2-15-9(14)7-6-3-5(10)4-11-8(6)13-12-7;6-4-1-2-5(7)8-3-4/h1-6H,(H,19,21,22);1-3,5-6H,4H2,(H,18,19,20);3-4H,2,12H2,1H3;3-4H,2H2,1H3;3-4H,2H2,1H3,(H,11,12,13);1-3H/b;;14-7-;;;. The summed E-state index contributed by atoms with van der Waals surface area (Å²) in [6.07, 6.45) is 9.74. The van der Waals surface area contributed by atoms with Crippen molar-refractivity contribution < 1.29 is 73.4 Å². The van der Waals surface area contributed by atoms with Crippen LogP contribution < -0.4 is 5.84 Å². The van der Waals surface area contributed by atoms with E-state index in [0.29, 0.717) is 70.1 Å². The molecule has 10 aromatic heterocycles. The first kappa shape index (κ1) is 75.9. The quantitative estimate of drug-likeness (QED) is 0.00958. The highest BCUT2D eigenvalue weighted by Gasteiger charge is 2.25. The molecule has 0 aliphatic heterocycles. The van der Waals surface area contributed by atoms with E-state index in [4.69, 9.17) is 15.1 Å². The van der Waals surface area contributed by atoms with Crippen molar-refractivity contribution in [2.24, 2.45) is 10.9 Å². The van der Waals surface area contributed by atoms with Crippen LogP contribution in [0.25, 0.3) is 55.7 Å². The van der Waals surface area contributed by atoms with Gasteiger partial charge in [0.15, 0.2) is 63.2 Å². The molecule has 0 atom stereocenters. The fourth-order valence-electron chi connectivity index (χ4n) is 7.90. The number of ketones is 2. The number of aromatic nitrogens is 13. The number of hydrogen-bond donors (Lipinski definition) is 4. The van der Waals surface area contributed by atoms with Gasteiger partial charge in [-0.1, -0.05) is 29.4 Å². The number of H-pyrrole nitrogens is 3. The molecular formula is C61H42Br6F7N15O9. The number of carbonyl (C=O) groups is 5. The summed E-state index contributed by atoms with van der Waals surface area (Å²) in [6.45, 7) is 5.49. The Morgan fingerprint density at radius 3 is 1.57 bits per heavy atom. The van der Waals surface area contributed by atoms with Gasteiger partial charge in [-0.2, -0.15) is 33.6 Å². The summed E-state index contributed by atoms with van der Waals surface area (Å²) in [5, 5.41) is 28.7. The molecule has 12 aromatic rings. The molecule has 506 valence electrons. The van der Waals surface area contributed by atoms with Gasteiger partial charge in [0.25, 0.3) is 5.78 Å². The molecule has 0 bridgehead atoms. The fourth-order valence-corrected chi connectivity index (χ4v) is 9.79. The summed E-state index contributed by atoms with van der Waals surface area (Å²) in [4.78, 5) is 79.9. The third-order valence-electron chi connectivity index (χ3n) is 12.2. The Labute approximate surface area is 597 Å². The van der Waals surface area contributed by atoms with Crippen molar-refractivity contribution in [3.05, 3.63) is 218 Å². The van der Waals surface area contributed by atoms with Gasteiger partial charge < -0.3 is 24.6 Å². The Bertz CT molecular complexity index is 4870. The normalized spacial score (nSPS) is 10.7. The smallest absolute Gasteiger partial charge is 0.379 e. The van der Waals surface area contributed by atoms with Crippen molar-refractivity contribution in [1.29, 1.82) is 0 Å².